The molecule has 0 aliphatic carbocycles. The summed E-state index contributed by atoms with van der Waals surface area (Å²) in [6, 6.07) is 4.10. The topological polar surface area (TPSA) is 17.3 Å². The summed E-state index contributed by atoms with van der Waals surface area (Å²) in [5, 5.41) is 0. The first-order chi connectivity index (χ1) is 7.27. The molecule has 0 unspecified atom stereocenters. The van der Waals surface area contributed by atoms with Crippen LogP contribution in [0.15, 0.2) is 24.5 Å². The van der Waals surface area contributed by atoms with E-state index < -0.39 is 0 Å². The Hall–Kier alpha value is -1.31. The van der Waals surface area contributed by atoms with Gasteiger partial charge in [-0.3, -0.25) is 0 Å². The number of aryl methyl sites for hydroxylation is 2. The lowest BCUT2D eigenvalue weighted by Crippen LogP contribution is -1.83. The maximum atomic E-state index is 4.38. The second-order valence-corrected chi connectivity index (χ2v) is 2.80. The van der Waals surface area contributed by atoms with Gasteiger partial charge in [0.2, 0.25) is 0 Å². The van der Waals surface area contributed by atoms with Crippen LogP contribution in [0.2, 0.25) is 0 Å². The summed E-state index contributed by atoms with van der Waals surface area (Å²) in [7, 11) is 0. The molecule has 84 valence electrons. The molecular formula is C13H22N2. The van der Waals surface area contributed by atoms with Gasteiger partial charge in [0.1, 0.15) is 5.65 Å². The van der Waals surface area contributed by atoms with Crippen molar-refractivity contribution in [2.45, 2.75) is 41.5 Å². The SMILES string of the molecule is CC.CC.Cc1cn2cccc(C)c2n1. The lowest BCUT2D eigenvalue weighted by Gasteiger charge is -1.93. The highest BCUT2D eigenvalue weighted by molar-refractivity contribution is 5.47. The van der Waals surface area contributed by atoms with Crippen molar-refractivity contribution in [1.29, 1.82) is 0 Å². The molecule has 0 N–H and O–H groups in total. The van der Waals surface area contributed by atoms with Gasteiger partial charge >= 0.3 is 0 Å². The first-order valence-electron chi connectivity index (χ1n) is 5.68. The lowest BCUT2D eigenvalue weighted by molar-refractivity contribution is 1.16. The van der Waals surface area contributed by atoms with Crippen LogP contribution in [0.1, 0.15) is 39.0 Å². The normalized spacial score (nSPS) is 8.67. The Bertz CT molecular complexity index is 388. The Kier molecular flexibility index (Phi) is 6.43. The van der Waals surface area contributed by atoms with E-state index in [-0.39, 0.29) is 0 Å². The molecule has 0 saturated heterocycles. The van der Waals surface area contributed by atoms with E-state index in [1.54, 1.807) is 0 Å². The molecule has 0 fully saturated rings. The van der Waals surface area contributed by atoms with E-state index in [0.717, 1.165) is 11.3 Å². The first-order valence-corrected chi connectivity index (χ1v) is 5.68. The quantitative estimate of drug-likeness (QED) is 0.636. The van der Waals surface area contributed by atoms with Gasteiger partial charge in [0, 0.05) is 12.4 Å². The molecule has 2 aromatic heterocycles. The molecule has 0 aromatic carbocycles. The number of hydrogen-bond acceptors (Lipinski definition) is 1. The van der Waals surface area contributed by atoms with Crippen molar-refractivity contribution >= 4 is 5.65 Å². The van der Waals surface area contributed by atoms with Crippen LogP contribution in [0.3, 0.4) is 0 Å². The number of pyridine rings is 1. The van der Waals surface area contributed by atoms with E-state index in [1.165, 1.54) is 5.56 Å². The smallest absolute Gasteiger partial charge is 0.139 e. The predicted molar refractivity (Wildman–Crippen MR) is 67.4 cm³/mol. The molecule has 0 bridgehead atoms. The minimum Gasteiger partial charge on any atom is -0.307 e. The first kappa shape index (κ1) is 13.7. The monoisotopic (exact) mass is 206 g/mol. The third kappa shape index (κ3) is 3.39. The molecule has 15 heavy (non-hydrogen) atoms. The summed E-state index contributed by atoms with van der Waals surface area (Å²) in [6.45, 7) is 12.1. The molecule has 2 nitrogen and oxygen atoms in total. The van der Waals surface area contributed by atoms with Crippen LogP contribution in [0.5, 0.6) is 0 Å². The fraction of sp³-hybridized carbons (Fsp3) is 0.462. The molecule has 0 atom stereocenters. The van der Waals surface area contributed by atoms with Gasteiger partial charge in [-0.2, -0.15) is 0 Å². The minimum atomic E-state index is 1.06. The molecular weight excluding hydrogens is 184 g/mol. The van der Waals surface area contributed by atoms with E-state index in [1.807, 2.05) is 57.5 Å². The predicted octanol–water partition coefficient (Wildman–Crippen LogP) is 4.00. The van der Waals surface area contributed by atoms with Crippen molar-refractivity contribution in [2.75, 3.05) is 0 Å². The van der Waals surface area contributed by atoms with Crippen molar-refractivity contribution in [3.63, 3.8) is 0 Å². The molecule has 2 heteroatoms. The molecule has 2 aromatic rings. The molecule has 0 radical (unpaired) electrons. The van der Waals surface area contributed by atoms with E-state index in [0.29, 0.717) is 0 Å². The van der Waals surface area contributed by atoms with Crippen molar-refractivity contribution in [1.82, 2.24) is 9.38 Å². The van der Waals surface area contributed by atoms with Gasteiger partial charge in [-0.25, -0.2) is 4.98 Å². The highest BCUT2D eigenvalue weighted by Gasteiger charge is 1.97. The molecule has 2 rings (SSSR count). The van der Waals surface area contributed by atoms with Crippen LogP contribution in [-0.2, 0) is 0 Å². The Morgan fingerprint density at radius 2 is 1.67 bits per heavy atom. The van der Waals surface area contributed by atoms with Crippen molar-refractivity contribution < 1.29 is 0 Å². The van der Waals surface area contributed by atoms with Crippen molar-refractivity contribution in [2.24, 2.45) is 0 Å². The van der Waals surface area contributed by atoms with Crippen LogP contribution in [0.25, 0.3) is 5.65 Å². The zero-order valence-electron chi connectivity index (χ0n) is 10.7. The van der Waals surface area contributed by atoms with Crippen molar-refractivity contribution in [3.8, 4) is 0 Å². The van der Waals surface area contributed by atoms with E-state index in [9.17, 15) is 0 Å². The zero-order chi connectivity index (χ0) is 11.8. The summed E-state index contributed by atoms with van der Waals surface area (Å²) >= 11 is 0. The van der Waals surface area contributed by atoms with Gasteiger partial charge in [-0.15, -0.1) is 0 Å². The maximum Gasteiger partial charge on any atom is 0.139 e. The Balaban J connectivity index is 0.000000442. The lowest BCUT2D eigenvalue weighted by atomic mass is 10.3. The molecule has 0 aliphatic rings. The standard InChI is InChI=1S/C9H10N2.2C2H6/c1-7-4-3-5-11-6-8(2)10-9(7)11;2*1-2/h3-6H,1-2H3;2*1-2H3. The number of aromatic nitrogens is 2. The Morgan fingerprint density at radius 1 is 1.07 bits per heavy atom. The van der Waals surface area contributed by atoms with Gasteiger partial charge in [0.15, 0.2) is 0 Å². The number of nitrogens with zero attached hydrogens (tertiary/aromatic N) is 2. The van der Waals surface area contributed by atoms with Crippen LogP contribution in [0, 0.1) is 13.8 Å². The molecule has 2 heterocycles. The third-order valence-electron chi connectivity index (χ3n) is 1.80. The van der Waals surface area contributed by atoms with E-state index >= 15 is 0 Å². The van der Waals surface area contributed by atoms with Gasteiger partial charge in [-0.1, -0.05) is 33.8 Å². The van der Waals surface area contributed by atoms with Gasteiger partial charge < -0.3 is 4.40 Å². The Morgan fingerprint density at radius 3 is 2.20 bits per heavy atom. The average Bonchev–Trinajstić information content (AvgIpc) is 2.66. The summed E-state index contributed by atoms with van der Waals surface area (Å²) in [4.78, 5) is 4.38. The molecule has 0 saturated carbocycles. The second-order valence-electron chi connectivity index (χ2n) is 2.80. The van der Waals surface area contributed by atoms with Crippen LogP contribution >= 0.6 is 0 Å². The molecule has 0 spiro atoms. The average molecular weight is 206 g/mol. The van der Waals surface area contributed by atoms with E-state index in [2.05, 4.69) is 18.0 Å². The number of rotatable bonds is 0. The number of fused-ring (bicyclic) bond motifs is 1. The number of imidazole rings is 1. The molecule has 0 aliphatic heterocycles. The van der Waals surface area contributed by atoms with Gasteiger partial charge in [0.25, 0.3) is 0 Å². The fourth-order valence-electron chi connectivity index (χ4n) is 1.28. The van der Waals surface area contributed by atoms with Crippen LogP contribution in [-0.4, -0.2) is 9.38 Å². The molecule has 0 amide bonds. The minimum absolute atomic E-state index is 1.06. The highest BCUT2D eigenvalue weighted by Crippen LogP contribution is 2.08. The van der Waals surface area contributed by atoms with E-state index in [4.69, 9.17) is 0 Å². The fourth-order valence-corrected chi connectivity index (χ4v) is 1.28. The van der Waals surface area contributed by atoms with Crippen LogP contribution in [0.4, 0.5) is 0 Å². The summed E-state index contributed by atoms with van der Waals surface area (Å²) in [5.41, 5.74) is 3.35. The Labute approximate surface area is 93.0 Å². The van der Waals surface area contributed by atoms with Gasteiger partial charge in [0.05, 0.1) is 5.69 Å². The third-order valence-corrected chi connectivity index (χ3v) is 1.80. The highest BCUT2D eigenvalue weighted by atomic mass is 15.0. The van der Waals surface area contributed by atoms with Crippen LogP contribution < -0.4 is 0 Å². The van der Waals surface area contributed by atoms with Crippen molar-refractivity contribution in [3.05, 3.63) is 35.8 Å². The summed E-state index contributed by atoms with van der Waals surface area (Å²) in [6.07, 6.45) is 4.05. The zero-order valence-corrected chi connectivity index (χ0v) is 10.7. The summed E-state index contributed by atoms with van der Waals surface area (Å²) < 4.78 is 2.05. The largest absolute Gasteiger partial charge is 0.307 e. The van der Waals surface area contributed by atoms with Gasteiger partial charge in [-0.05, 0) is 25.5 Å². The number of hydrogen-bond donors (Lipinski definition) is 0. The maximum absolute atomic E-state index is 4.38. The second kappa shape index (κ2) is 7.04. The summed E-state index contributed by atoms with van der Waals surface area (Å²) in [5.74, 6) is 0.